The smallest absolute Gasteiger partial charge is 0.316 e. The number of nitrogens with two attached hydrogens (primary N) is 1. The number of carbonyl (C=O) groups is 1. The molecule has 0 amide bonds. The predicted octanol–water partition coefficient (Wildman–Crippen LogP) is 4.11. The zero-order chi connectivity index (χ0) is 22.7. The number of hydrogen-bond acceptors (Lipinski definition) is 7. The number of halogens is 2. The number of fused-ring (bicyclic) bond motifs is 1. The fourth-order valence-electron chi connectivity index (χ4n) is 4.01. The van der Waals surface area contributed by atoms with Crippen LogP contribution in [0.5, 0.6) is 5.75 Å². The number of methoxy groups -OCH3 is 1. The first-order valence-corrected chi connectivity index (χ1v) is 10.5. The maximum absolute atomic E-state index is 14.5. The molecule has 0 spiro atoms. The van der Waals surface area contributed by atoms with Gasteiger partial charge in [-0.25, -0.2) is 15.2 Å². The Hall–Kier alpha value is -2.94. The number of carbonyl (C=O) groups excluding carboxylic acids is 1. The molecule has 1 fully saturated rings. The first-order valence-electron chi connectivity index (χ1n) is 10.1. The Balaban J connectivity index is 1.60. The zero-order valence-electron chi connectivity index (χ0n) is 17.5. The lowest BCUT2D eigenvalue weighted by Crippen LogP contribution is -2.42. The lowest BCUT2D eigenvalue weighted by Gasteiger charge is -2.35. The summed E-state index contributed by atoms with van der Waals surface area (Å²) in [6, 6.07) is 11.5. The molecular formula is C23H23ClFN3O4. The van der Waals surface area contributed by atoms with Crippen LogP contribution in [0.15, 0.2) is 42.5 Å². The van der Waals surface area contributed by atoms with E-state index in [4.69, 9.17) is 31.7 Å². The number of nitrogens with zero attached hydrogens (tertiary/aromatic N) is 1. The third-order valence-corrected chi connectivity index (χ3v) is 6.04. The summed E-state index contributed by atoms with van der Waals surface area (Å²) < 4.78 is 30.8. The Labute approximate surface area is 189 Å². The second-order valence-corrected chi connectivity index (χ2v) is 8.04. The average molecular weight is 460 g/mol. The molecule has 2 aromatic carbocycles. The summed E-state index contributed by atoms with van der Waals surface area (Å²) in [4.78, 5) is 17.0. The fourth-order valence-corrected chi connectivity index (χ4v) is 4.27. The molecule has 0 bridgehead atoms. The van der Waals surface area contributed by atoms with Gasteiger partial charge in [0.25, 0.3) is 0 Å². The van der Waals surface area contributed by atoms with Crippen LogP contribution in [-0.2, 0) is 26.3 Å². The van der Waals surface area contributed by atoms with E-state index in [-0.39, 0.29) is 6.61 Å². The third kappa shape index (κ3) is 4.34. The van der Waals surface area contributed by atoms with E-state index in [1.165, 1.54) is 19.2 Å². The molecular weight excluding hydrogens is 437 g/mol. The molecule has 3 N–H and O–H groups in total. The van der Waals surface area contributed by atoms with Gasteiger partial charge in [0, 0.05) is 30.7 Å². The van der Waals surface area contributed by atoms with Gasteiger partial charge in [-0.15, -0.1) is 0 Å². The van der Waals surface area contributed by atoms with Gasteiger partial charge in [0.05, 0.1) is 23.1 Å². The van der Waals surface area contributed by atoms with Gasteiger partial charge in [0.15, 0.2) is 0 Å². The second-order valence-electron chi connectivity index (χ2n) is 7.64. The highest BCUT2D eigenvalue weighted by Gasteiger charge is 2.43. The predicted molar refractivity (Wildman–Crippen MR) is 119 cm³/mol. The standard InChI is InChI=1S/C23H23ClFN3O4/c1-30-22(29)23(4-6-31-7-5-23)15-9-16(25)11-17(10-15)32-13-14-2-3-18-19(24)12-21(28-26)27-20(18)8-14/h2-3,8-12H,4-7,13,26H2,1H3,(H,27,28). The molecule has 1 saturated heterocycles. The van der Waals surface area contributed by atoms with Crippen molar-refractivity contribution in [2.75, 3.05) is 25.7 Å². The van der Waals surface area contributed by atoms with Gasteiger partial charge in [0.1, 0.15) is 24.0 Å². The molecule has 3 aromatic rings. The highest BCUT2D eigenvalue weighted by atomic mass is 35.5. The normalized spacial score (nSPS) is 15.4. The van der Waals surface area contributed by atoms with Crippen molar-refractivity contribution in [3.05, 3.63) is 64.4 Å². The maximum Gasteiger partial charge on any atom is 0.316 e. The van der Waals surface area contributed by atoms with Crippen LogP contribution in [0.3, 0.4) is 0 Å². The molecule has 0 unspecified atom stereocenters. The summed E-state index contributed by atoms with van der Waals surface area (Å²) in [5.41, 5.74) is 3.51. The number of hydrogen-bond donors (Lipinski definition) is 2. The highest BCUT2D eigenvalue weighted by Crippen LogP contribution is 2.38. The number of rotatable bonds is 6. The summed E-state index contributed by atoms with van der Waals surface area (Å²) in [7, 11) is 1.34. The Morgan fingerprint density at radius 3 is 2.75 bits per heavy atom. The zero-order valence-corrected chi connectivity index (χ0v) is 18.2. The van der Waals surface area contributed by atoms with Crippen LogP contribution in [0.25, 0.3) is 10.9 Å². The molecule has 32 heavy (non-hydrogen) atoms. The number of esters is 1. The quantitative estimate of drug-likeness (QED) is 0.325. The third-order valence-electron chi connectivity index (χ3n) is 5.72. The van der Waals surface area contributed by atoms with Gasteiger partial charge in [-0.1, -0.05) is 23.7 Å². The number of hydrazine groups is 1. The van der Waals surface area contributed by atoms with Crippen molar-refractivity contribution in [2.24, 2.45) is 5.84 Å². The van der Waals surface area contributed by atoms with E-state index in [0.29, 0.717) is 53.7 Å². The molecule has 1 aromatic heterocycles. The van der Waals surface area contributed by atoms with Crippen LogP contribution in [0.4, 0.5) is 10.2 Å². The molecule has 2 heterocycles. The fraction of sp³-hybridized carbons (Fsp3) is 0.304. The Kier molecular flexibility index (Phi) is 6.45. The van der Waals surface area contributed by atoms with Crippen LogP contribution in [0, 0.1) is 5.82 Å². The van der Waals surface area contributed by atoms with Crippen LogP contribution >= 0.6 is 11.6 Å². The van der Waals surface area contributed by atoms with Crippen LogP contribution in [0.2, 0.25) is 5.02 Å². The molecule has 4 rings (SSSR count). The van der Waals surface area contributed by atoms with Crippen LogP contribution < -0.4 is 16.0 Å². The first kappa shape index (κ1) is 22.3. The minimum absolute atomic E-state index is 0.173. The number of ether oxygens (including phenoxy) is 3. The molecule has 0 atom stereocenters. The highest BCUT2D eigenvalue weighted by molar-refractivity contribution is 6.35. The van der Waals surface area contributed by atoms with Crippen molar-refractivity contribution in [3.63, 3.8) is 0 Å². The Morgan fingerprint density at radius 1 is 1.25 bits per heavy atom. The summed E-state index contributed by atoms with van der Waals surface area (Å²) in [5, 5.41) is 1.30. The van der Waals surface area contributed by atoms with Gasteiger partial charge in [0.2, 0.25) is 0 Å². The van der Waals surface area contributed by atoms with Crippen molar-refractivity contribution in [1.82, 2.24) is 4.98 Å². The van der Waals surface area contributed by atoms with Crippen molar-refractivity contribution in [3.8, 4) is 5.75 Å². The average Bonchev–Trinajstić information content (AvgIpc) is 2.82. The van der Waals surface area contributed by atoms with Gasteiger partial charge < -0.3 is 19.6 Å². The molecule has 1 aliphatic heterocycles. The van der Waals surface area contributed by atoms with Crippen molar-refractivity contribution < 1.29 is 23.4 Å². The Bertz CT molecular complexity index is 1150. The lowest BCUT2D eigenvalue weighted by molar-refractivity contribution is -0.151. The van der Waals surface area contributed by atoms with E-state index in [1.54, 1.807) is 12.1 Å². The van der Waals surface area contributed by atoms with Gasteiger partial charge >= 0.3 is 5.97 Å². The van der Waals surface area contributed by atoms with Crippen molar-refractivity contribution in [2.45, 2.75) is 24.9 Å². The number of nitrogen functional groups attached to an aromatic ring is 1. The SMILES string of the molecule is COC(=O)C1(c2cc(F)cc(OCc3ccc4c(Cl)cc(NN)nc4c3)c2)CCOCC1. The molecule has 0 radical (unpaired) electrons. The number of pyridine rings is 1. The number of nitrogens with one attached hydrogen (secondary N) is 1. The molecule has 1 aliphatic rings. The van der Waals surface area contributed by atoms with Crippen molar-refractivity contribution >= 4 is 34.3 Å². The Morgan fingerprint density at radius 2 is 2.03 bits per heavy atom. The number of anilines is 1. The summed E-state index contributed by atoms with van der Waals surface area (Å²) in [6.07, 6.45) is 0.828. The van der Waals surface area contributed by atoms with Crippen LogP contribution in [-0.4, -0.2) is 31.3 Å². The van der Waals surface area contributed by atoms with Crippen LogP contribution in [0.1, 0.15) is 24.0 Å². The summed E-state index contributed by atoms with van der Waals surface area (Å²) >= 11 is 6.27. The van der Waals surface area contributed by atoms with E-state index in [0.717, 1.165) is 10.9 Å². The largest absolute Gasteiger partial charge is 0.489 e. The minimum atomic E-state index is -0.956. The second kappa shape index (κ2) is 9.28. The van der Waals surface area contributed by atoms with E-state index < -0.39 is 17.2 Å². The molecule has 168 valence electrons. The minimum Gasteiger partial charge on any atom is -0.489 e. The molecule has 9 heteroatoms. The molecule has 0 aliphatic carbocycles. The number of aromatic nitrogens is 1. The lowest BCUT2D eigenvalue weighted by atomic mass is 9.74. The topological polar surface area (TPSA) is 95.7 Å². The molecule has 0 saturated carbocycles. The van der Waals surface area contributed by atoms with Gasteiger partial charge in [-0.2, -0.15) is 0 Å². The van der Waals surface area contributed by atoms with E-state index >= 15 is 0 Å². The van der Waals surface area contributed by atoms with Gasteiger partial charge in [-0.05, 0) is 42.2 Å². The number of benzene rings is 2. The summed E-state index contributed by atoms with van der Waals surface area (Å²) in [6.45, 7) is 0.967. The van der Waals surface area contributed by atoms with Gasteiger partial charge in [-0.3, -0.25) is 4.79 Å². The monoisotopic (exact) mass is 459 g/mol. The van der Waals surface area contributed by atoms with E-state index in [1.807, 2.05) is 18.2 Å². The molecule has 7 nitrogen and oxygen atoms in total. The maximum atomic E-state index is 14.5. The van der Waals surface area contributed by atoms with E-state index in [2.05, 4.69) is 10.4 Å². The van der Waals surface area contributed by atoms with Crippen molar-refractivity contribution in [1.29, 1.82) is 0 Å². The summed E-state index contributed by atoms with van der Waals surface area (Å²) in [5.74, 6) is 5.31. The van der Waals surface area contributed by atoms with E-state index in [9.17, 15) is 9.18 Å². The first-order chi connectivity index (χ1) is 15.4.